The van der Waals surface area contributed by atoms with Crippen molar-refractivity contribution in [3.63, 3.8) is 0 Å². The fourth-order valence-electron chi connectivity index (χ4n) is 1.65. The zero-order valence-electron chi connectivity index (χ0n) is 9.48. The van der Waals surface area contributed by atoms with Crippen molar-refractivity contribution in [3.05, 3.63) is 31.8 Å². The van der Waals surface area contributed by atoms with Gasteiger partial charge in [0.2, 0.25) is 0 Å². The van der Waals surface area contributed by atoms with Gasteiger partial charge in [-0.2, -0.15) is 5.26 Å². The number of aromatic nitrogens is 2. The van der Waals surface area contributed by atoms with Crippen LogP contribution in [0, 0.1) is 24.2 Å². The number of nitriles is 1. The highest BCUT2D eigenvalue weighted by Crippen LogP contribution is 2.18. The minimum atomic E-state index is -0.452. The van der Waals surface area contributed by atoms with Crippen molar-refractivity contribution in [3.8, 4) is 6.07 Å². The first-order chi connectivity index (χ1) is 8.02. The predicted octanol–water partition coefficient (Wildman–Crippen LogP) is 1.22. The Morgan fingerprint density at radius 3 is 2.94 bits per heavy atom. The Kier molecular flexibility index (Phi) is 2.86. The van der Waals surface area contributed by atoms with Crippen molar-refractivity contribution in [2.45, 2.75) is 20.4 Å². The van der Waals surface area contributed by atoms with Crippen molar-refractivity contribution in [2.24, 2.45) is 5.92 Å². The molecule has 0 aliphatic heterocycles. The third-order valence-electron chi connectivity index (χ3n) is 2.47. The molecule has 17 heavy (non-hydrogen) atoms. The van der Waals surface area contributed by atoms with Gasteiger partial charge >= 0.3 is 5.69 Å². The minimum Gasteiger partial charge on any atom is -0.298 e. The van der Waals surface area contributed by atoms with Gasteiger partial charge in [-0.1, -0.05) is 0 Å². The van der Waals surface area contributed by atoms with Crippen LogP contribution in [0.15, 0.2) is 15.7 Å². The molecule has 5 nitrogen and oxygen atoms in total. The van der Waals surface area contributed by atoms with Crippen molar-refractivity contribution >= 4 is 21.6 Å². The smallest absolute Gasteiger partial charge is 0.298 e. The summed E-state index contributed by atoms with van der Waals surface area (Å²) in [5.41, 5.74) is -0.776. The summed E-state index contributed by atoms with van der Waals surface area (Å²) < 4.78 is 1.09. The van der Waals surface area contributed by atoms with Crippen LogP contribution in [0.3, 0.4) is 0 Å². The van der Waals surface area contributed by atoms with E-state index in [0.29, 0.717) is 10.2 Å². The molecule has 2 aromatic heterocycles. The van der Waals surface area contributed by atoms with Gasteiger partial charge in [-0.3, -0.25) is 14.3 Å². The van der Waals surface area contributed by atoms with Crippen LogP contribution >= 0.6 is 11.3 Å². The summed E-state index contributed by atoms with van der Waals surface area (Å²) in [5, 5.41) is 9.23. The Morgan fingerprint density at radius 1 is 1.59 bits per heavy atom. The van der Waals surface area contributed by atoms with Crippen LogP contribution in [0.5, 0.6) is 0 Å². The standard InChI is InChI=1S/C11H11N3O2S/c1-6(4-12)5-14-10(15)8-3-7(2)17-9(8)13-11(14)16/h3,6H,5H2,1-2H3,(H,13,16). The quantitative estimate of drug-likeness (QED) is 0.869. The van der Waals surface area contributed by atoms with Crippen LogP contribution in [-0.4, -0.2) is 9.55 Å². The highest BCUT2D eigenvalue weighted by atomic mass is 32.1. The molecule has 1 atom stereocenters. The molecular formula is C11H11N3O2S. The van der Waals surface area contributed by atoms with E-state index in [4.69, 9.17) is 5.26 Å². The van der Waals surface area contributed by atoms with E-state index in [1.54, 1.807) is 13.0 Å². The summed E-state index contributed by atoms with van der Waals surface area (Å²) in [6, 6.07) is 3.77. The molecule has 0 amide bonds. The average molecular weight is 249 g/mol. The molecule has 2 rings (SSSR count). The van der Waals surface area contributed by atoms with Crippen molar-refractivity contribution in [1.82, 2.24) is 9.55 Å². The number of H-pyrrole nitrogens is 1. The molecule has 0 saturated heterocycles. The van der Waals surface area contributed by atoms with Gasteiger partial charge in [0.1, 0.15) is 4.83 Å². The van der Waals surface area contributed by atoms with Crippen molar-refractivity contribution < 1.29 is 0 Å². The van der Waals surface area contributed by atoms with E-state index < -0.39 is 5.69 Å². The van der Waals surface area contributed by atoms with E-state index in [2.05, 4.69) is 4.98 Å². The molecule has 2 heterocycles. The number of hydrogen-bond acceptors (Lipinski definition) is 4. The topological polar surface area (TPSA) is 78.7 Å². The van der Waals surface area contributed by atoms with Crippen LogP contribution in [0.25, 0.3) is 10.2 Å². The van der Waals surface area contributed by atoms with Crippen LogP contribution in [-0.2, 0) is 6.54 Å². The number of rotatable bonds is 2. The first-order valence-corrected chi connectivity index (χ1v) is 5.97. The van der Waals surface area contributed by atoms with Crippen LogP contribution in [0.1, 0.15) is 11.8 Å². The van der Waals surface area contributed by atoms with Gasteiger partial charge in [0, 0.05) is 11.4 Å². The number of aromatic amines is 1. The number of fused-ring (bicyclic) bond motifs is 1. The number of aryl methyl sites for hydroxylation is 1. The van der Waals surface area contributed by atoms with Crippen LogP contribution in [0.2, 0.25) is 0 Å². The molecule has 0 bridgehead atoms. The van der Waals surface area contributed by atoms with Gasteiger partial charge in [0.15, 0.2) is 0 Å². The summed E-state index contributed by atoms with van der Waals surface area (Å²) in [7, 11) is 0. The number of thiophene rings is 1. The Labute approximate surface area is 101 Å². The van der Waals surface area contributed by atoms with Gasteiger partial charge in [-0.15, -0.1) is 11.3 Å². The Bertz CT molecular complexity index is 717. The monoisotopic (exact) mass is 249 g/mol. The molecule has 0 aliphatic rings. The summed E-state index contributed by atoms with van der Waals surface area (Å²) >= 11 is 1.38. The first-order valence-electron chi connectivity index (χ1n) is 5.16. The second-order valence-electron chi connectivity index (χ2n) is 3.98. The summed E-state index contributed by atoms with van der Waals surface area (Å²) in [5.74, 6) is -0.369. The number of nitrogens with one attached hydrogen (secondary N) is 1. The molecule has 1 N–H and O–H groups in total. The maximum absolute atomic E-state index is 12.1. The third-order valence-corrected chi connectivity index (χ3v) is 3.44. The van der Waals surface area contributed by atoms with Gasteiger partial charge in [0.05, 0.1) is 17.4 Å². The Hall–Kier alpha value is -1.87. The van der Waals surface area contributed by atoms with Gasteiger partial charge < -0.3 is 0 Å². The van der Waals surface area contributed by atoms with Crippen molar-refractivity contribution in [1.29, 1.82) is 5.26 Å². The predicted molar refractivity (Wildman–Crippen MR) is 66.2 cm³/mol. The van der Waals surface area contributed by atoms with E-state index >= 15 is 0 Å². The highest BCUT2D eigenvalue weighted by molar-refractivity contribution is 7.18. The minimum absolute atomic E-state index is 0.121. The average Bonchev–Trinajstić information content (AvgIpc) is 2.64. The molecule has 2 aromatic rings. The van der Waals surface area contributed by atoms with E-state index in [9.17, 15) is 9.59 Å². The second kappa shape index (κ2) is 4.18. The SMILES string of the molecule is Cc1cc2c(=O)n(CC(C)C#N)c(=O)[nH]c2s1. The molecule has 0 saturated carbocycles. The van der Waals surface area contributed by atoms with E-state index in [0.717, 1.165) is 9.44 Å². The second-order valence-corrected chi connectivity index (χ2v) is 5.23. The van der Waals surface area contributed by atoms with E-state index in [-0.39, 0.29) is 18.0 Å². The van der Waals surface area contributed by atoms with Crippen LogP contribution < -0.4 is 11.2 Å². The fraction of sp³-hybridized carbons (Fsp3) is 0.364. The molecule has 0 fully saturated rings. The largest absolute Gasteiger partial charge is 0.329 e. The summed E-state index contributed by atoms with van der Waals surface area (Å²) in [4.78, 5) is 28.0. The number of hydrogen-bond donors (Lipinski definition) is 1. The molecule has 1 unspecified atom stereocenters. The normalized spacial score (nSPS) is 12.5. The van der Waals surface area contributed by atoms with Gasteiger partial charge in [0.25, 0.3) is 5.56 Å². The van der Waals surface area contributed by atoms with Gasteiger partial charge in [-0.05, 0) is 19.9 Å². The van der Waals surface area contributed by atoms with E-state index in [1.165, 1.54) is 11.3 Å². The molecule has 88 valence electrons. The van der Waals surface area contributed by atoms with Crippen molar-refractivity contribution in [2.75, 3.05) is 0 Å². The lowest BCUT2D eigenvalue weighted by Crippen LogP contribution is -2.36. The Morgan fingerprint density at radius 2 is 2.29 bits per heavy atom. The lowest BCUT2D eigenvalue weighted by atomic mass is 10.2. The molecule has 0 radical (unpaired) electrons. The zero-order chi connectivity index (χ0) is 12.6. The number of nitrogens with zero attached hydrogens (tertiary/aromatic N) is 2. The zero-order valence-corrected chi connectivity index (χ0v) is 10.3. The molecular weight excluding hydrogens is 238 g/mol. The van der Waals surface area contributed by atoms with E-state index in [1.807, 2.05) is 13.0 Å². The summed E-state index contributed by atoms with van der Waals surface area (Å²) in [6.45, 7) is 3.68. The maximum atomic E-state index is 12.1. The molecule has 0 aliphatic carbocycles. The fourth-order valence-corrected chi connectivity index (χ4v) is 2.54. The highest BCUT2D eigenvalue weighted by Gasteiger charge is 2.12. The van der Waals surface area contributed by atoms with Gasteiger partial charge in [-0.25, -0.2) is 4.79 Å². The summed E-state index contributed by atoms with van der Waals surface area (Å²) in [6.07, 6.45) is 0. The molecule has 6 heteroatoms. The lowest BCUT2D eigenvalue weighted by Gasteiger charge is -2.05. The molecule has 0 spiro atoms. The third kappa shape index (κ3) is 2.01. The Balaban J connectivity index is 2.69. The maximum Gasteiger partial charge on any atom is 0.329 e. The lowest BCUT2D eigenvalue weighted by molar-refractivity contribution is 0.544. The van der Waals surface area contributed by atoms with Crippen LogP contribution in [0.4, 0.5) is 0 Å². The first kappa shape index (κ1) is 11.6. The molecule has 0 aromatic carbocycles.